The number of aromatic nitrogens is 3. The van der Waals surface area contributed by atoms with Gasteiger partial charge in [-0.1, -0.05) is 28.1 Å². The number of halogens is 1. The van der Waals surface area contributed by atoms with E-state index in [4.69, 9.17) is 4.84 Å². The highest BCUT2D eigenvalue weighted by Crippen LogP contribution is 2.18. The van der Waals surface area contributed by atoms with Crippen LogP contribution >= 0.6 is 15.9 Å². The Hall–Kier alpha value is -1.24. The Bertz CT molecular complexity index is 457. The van der Waals surface area contributed by atoms with Crippen LogP contribution in [0.4, 0.5) is 0 Å². The molecule has 0 spiro atoms. The van der Waals surface area contributed by atoms with E-state index in [9.17, 15) is 0 Å². The molecule has 0 amide bonds. The van der Waals surface area contributed by atoms with Crippen LogP contribution in [0.25, 0.3) is 0 Å². The molecule has 1 N–H and O–H groups in total. The molecule has 5 nitrogen and oxygen atoms in total. The minimum absolute atomic E-state index is 0.0414. The molecule has 18 heavy (non-hydrogen) atoms. The lowest BCUT2D eigenvalue weighted by atomic mass is 10.1. The van der Waals surface area contributed by atoms with E-state index in [0.29, 0.717) is 13.2 Å². The van der Waals surface area contributed by atoms with E-state index < -0.39 is 0 Å². The van der Waals surface area contributed by atoms with Gasteiger partial charge in [-0.2, -0.15) is 10.6 Å². The Morgan fingerprint density at radius 1 is 1.39 bits per heavy atom. The molecule has 96 valence electrons. The van der Waals surface area contributed by atoms with Crippen LogP contribution < -0.4 is 5.48 Å². The first-order chi connectivity index (χ1) is 8.79. The van der Waals surface area contributed by atoms with E-state index in [0.717, 1.165) is 10.0 Å². The second-order valence-electron chi connectivity index (χ2n) is 3.77. The molecule has 1 aromatic carbocycles. The highest BCUT2D eigenvalue weighted by atomic mass is 79.9. The Morgan fingerprint density at radius 3 is 2.78 bits per heavy atom. The summed E-state index contributed by atoms with van der Waals surface area (Å²) in [5, 5.41) is 4.11. The van der Waals surface area contributed by atoms with Gasteiger partial charge in [-0.05, 0) is 24.6 Å². The topological polar surface area (TPSA) is 52.0 Å². The molecule has 0 aliphatic rings. The summed E-state index contributed by atoms with van der Waals surface area (Å²) in [5.41, 5.74) is 4.18. The van der Waals surface area contributed by atoms with Crippen LogP contribution in [0.2, 0.25) is 0 Å². The van der Waals surface area contributed by atoms with Crippen molar-refractivity contribution >= 4 is 15.9 Å². The number of hydroxylamine groups is 1. The van der Waals surface area contributed by atoms with Crippen LogP contribution in [0.5, 0.6) is 0 Å². The summed E-state index contributed by atoms with van der Waals surface area (Å²) in [6.07, 6.45) is 3.22. The first-order valence-electron chi connectivity index (χ1n) is 5.74. The van der Waals surface area contributed by atoms with Crippen molar-refractivity contribution in [2.24, 2.45) is 0 Å². The smallest absolute Gasteiger partial charge is 0.137 e. The fourth-order valence-corrected chi connectivity index (χ4v) is 1.87. The van der Waals surface area contributed by atoms with Gasteiger partial charge in [0.05, 0.1) is 19.2 Å². The summed E-state index contributed by atoms with van der Waals surface area (Å²) in [7, 11) is 0. The standard InChI is InChI=1S/C12H15BrN4O/c1-2-18-16-12(7-17-9-14-8-15-17)10-3-5-11(13)6-4-10/h3-6,8-9,12,16H,2,7H2,1H3. The molecule has 0 saturated carbocycles. The van der Waals surface area contributed by atoms with Gasteiger partial charge in [-0.25, -0.2) is 4.98 Å². The number of nitrogens with one attached hydrogen (secondary N) is 1. The second kappa shape index (κ2) is 6.63. The molecule has 6 heteroatoms. The Labute approximate surface area is 114 Å². The number of hydrogen-bond donors (Lipinski definition) is 1. The van der Waals surface area contributed by atoms with E-state index in [2.05, 4.69) is 43.6 Å². The Kier molecular flexibility index (Phi) is 4.86. The summed E-state index contributed by atoms with van der Waals surface area (Å²) in [6, 6.07) is 8.17. The minimum Gasteiger partial charge on any atom is -0.301 e. The van der Waals surface area contributed by atoms with E-state index in [-0.39, 0.29) is 6.04 Å². The molecule has 0 radical (unpaired) electrons. The molecule has 0 fully saturated rings. The van der Waals surface area contributed by atoms with Gasteiger partial charge >= 0.3 is 0 Å². The third kappa shape index (κ3) is 3.63. The first-order valence-corrected chi connectivity index (χ1v) is 6.54. The van der Waals surface area contributed by atoms with Crippen molar-refractivity contribution in [3.63, 3.8) is 0 Å². The van der Waals surface area contributed by atoms with Crippen molar-refractivity contribution in [1.29, 1.82) is 0 Å². The summed E-state index contributed by atoms with van der Waals surface area (Å²) in [5.74, 6) is 0. The zero-order valence-electron chi connectivity index (χ0n) is 10.1. The maximum atomic E-state index is 5.31. The SMILES string of the molecule is CCONC(Cn1cncn1)c1ccc(Br)cc1. The predicted molar refractivity (Wildman–Crippen MR) is 71.7 cm³/mol. The zero-order valence-corrected chi connectivity index (χ0v) is 11.7. The molecular formula is C12H15BrN4O. The van der Waals surface area contributed by atoms with Crippen LogP contribution in [0.1, 0.15) is 18.5 Å². The average molecular weight is 311 g/mol. The molecule has 0 bridgehead atoms. The van der Waals surface area contributed by atoms with Gasteiger partial charge in [-0.3, -0.25) is 4.68 Å². The molecular weight excluding hydrogens is 296 g/mol. The predicted octanol–water partition coefficient (Wildman–Crippen LogP) is 2.32. The van der Waals surface area contributed by atoms with E-state index in [1.54, 1.807) is 11.0 Å². The maximum absolute atomic E-state index is 5.31. The van der Waals surface area contributed by atoms with Crippen molar-refractivity contribution in [2.75, 3.05) is 6.61 Å². The fourth-order valence-electron chi connectivity index (χ4n) is 1.60. The highest BCUT2D eigenvalue weighted by Gasteiger charge is 2.12. The van der Waals surface area contributed by atoms with E-state index in [1.807, 2.05) is 19.1 Å². The number of hydrogen-bond acceptors (Lipinski definition) is 4. The number of rotatable bonds is 6. The molecule has 2 rings (SSSR count). The summed E-state index contributed by atoms with van der Waals surface area (Å²) >= 11 is 3.43. The maximum Gasteiger partial charge on any atom is 0.137 e. The number of nitrogens with zero attached hydrogens (tertiary/aromatic N) is 3. The minimum atomic E-state index is 0.0414. The van der Waals surface area contributed by atoms with Gasteiger partial charge in [0.2, 0.25) is 0 Å². The van der Waals surface area contributed by atoms with Crippen LogP contribution in [0.3, 0.4) is 0 Å². The lowest BCUT2D eigenvalue weighted by molar-refractivity contribution is 0.0187. The second-order valence-corrected chi connectivity index (χ2v) is 4.69. The van der Waals surface area contributed by atoms with Crippen molar-refractivity contribution in [1.82, 2.24) is 20.2 Å². The molecule has 1 atom stereocenters. The van der Waals surface area contributed by atoms with Gasteiger partial charge in [-0.15, -0.1) is 0 Å². The summed E-state index contributed by atoms with van der Waals surface area (Å²) in [6.45, 7) is 3.23. The third-order valence-electron chi connectivity index (χ3n) is 2.48. The van der Waals surface area contributed by atoms with Crippen molar-refractivity contribution < 1.29 is 4.84 Å². The number of benzene rings is 1. The Morgan fingerprint density at radius 2 is 2.17 bits per heavy atom. The van der Waals surface area contributed by atoms with Gasteiger partial charge in [0.1, 0.15) is 12.7 Å². The largest absolute Gasteiger partial charge is 0.301 e. The zero-order chi connectivity index (χ0) is 12.8. The molecule has 2 aromatic rings. The Balaban J connectivity index is 2.11. The van der Waals surface area contributed by atoms with Crippen LogP contribution in [0, 0.1) is 0 Å². The summed E-state index contributed by atoms with van der Waals surface area (Å²) < 4.78 is 2.83. The first kappa shape index (κ1) is 13.2. The van der Waals surface area contributed by atoms with E-state index in [1.165, 1.54) is 6.33 Å². The van der Waals surface area contributed by atoms with Crippen molar-refractivity contribution in [3.05, 3.63) is 47.0 Å². The van der Waals surface area contributed by atoms with Gasteiger partial charge in [0.25, 0.3) is 0 Å². The molecule has 0 aliphatic heterocycles. The average Bonchev–Trinajstić information content (AvgIpc) is 2.88. The monoisotopic (exact) mass is 310 g/mol. The normalized spacial score (nSPS) is 12.6. The van der Waals surface area contributed by atoms with Crippen molar-refractivity contribution in [2.45, 2.75) is 19.5 Å². The molecule has 0 aliphatic carbocycles. The molecule has 1 unspecified atom stereocenters. The quantitative estimate of drug-likeness (QED) is 0.832. The van der Waals surface area contributed by atoms with Crippen LogP contribution in [-0.4, -0.2) is 21.4 Å². The lowest BCUT2D eigenvalue weighted by Gasteiger charge is -2.18. The lowest BCUT2D eigenvalue weighted by Crippen LogP contribution is -2.26. The van der Waals surface area contributed by atoms with Crippen LogP contribution in [-0.2, 0) is 11.4 Å². The molecule has 0 saturated heterocycles. The molecule has 1 heterocycles. The van der Waals surface area contributed by atoms with Gasteiger partial charge in [0.15, 0.2) is 0 Å². The van der Waals surface area contributed by atoms with E-state index >= 15 is 0 Å². The van der Waals surface area contributed by atoms with Crippen LogP contribution in [0.15, 0.2) is 41.4 Å². The fraction of sp³-hybridized carbons (Fsp3) is 0.333. The van der Waals surface area contributed by atoms with Crippen molar-refractivity contribution in [3.8, 4) is 0 Å². The highest BCUT2D eigenvalue weighted by molar-refractivity contribution is 9.10. The third-order valence-corrected chi connectivity index (χ3v) is 3.01. The van der Waals surface area contributed by atoms with Gasteiger partial charge < -0.3 is 4.84 Å². The summed E-state index contributed by atoms with van der Waals surface area (Å²) in [4.78, 5) is 9.24. The van der Waals surface area contributed by atoms with Gasteiger partial charge in [0, 0.05) is 4.47 Å². The molecule has 1 aromatic heterocycles.